The lowest BCUT2D eigenvalue weighted by atomic mass is 9.69. The van der Waals surface area contributed by atoms with E-state index in [0.29, 0.717) is 0 Å². The molecule has 0 fully saturated rings. The number of hydrogen-bond donors (Lipinski definition) is 0. The maximum atomic E-state index is 6.52. The molecule has 1 spiro atoms. The van der Waals surface area contributed by atoms with Crippen LogP contribution in [0.4, 0.5) is 17.1 Å². The summed E-state index contributed by atoms with van der Waals surface area (Å²) >= 11 is 0. The van der Waals surface area contributed by atoms with Gasteiger partial charge in [-0.05, 0) is 114 Å². The van der Waals surface area contributed by atoms with Crippen molar-refractivity contribution in [1.82, 2.24) is 0 Å². The Bertz CT molecular complexity index is 3840. The van der Waals surface area contributed by atoms with E-state index in [-0.39, 0.29) is 0 Å². The number of para-hydroxylation sites is 2. The number of benzene rings is 11. The molecule has 0 atom stereocenters. The quantitative estimate of drug-likeness (QED) is 0.172. The SMILES string of the molecule is c1ccc2c(c1)-c1ccccc1C21c2ccccc2-c2cc(N(c3ccc(-c4cccc5ccccc45)cc3)c3ccc(-c4cccc5c4oc4ccccc45)cc3)c3ccccc3c21. The van der Waals surface area contributed by atoms with Crippen molar-refractivity contribution in [3.8, 4) is 44.5 Å². The minimum absolute atomic E-state index is 0.457. The van der Waals surface area contributed by atoms with Gasteiger partial charge >= 0.3 is 0 Å². The second kappa shape index (κ2) is 13.8. The Morgan fingerprint density at radius 3 is 1.46 bits per heavy atom. The molecule has 65 heavy (non-hydrogen) atoms. The molecule has 2 heteroatoms. The van der Waals surface area contributed by atoms with Crippen molar-refractivity contribution in [2.75, 3.05) is 4.90 Å². The molecule has 14 rings (SSSR count). The highest BCUT2D eigenvalue weighted by Crippen LogP contribution is 2.65. The normalized spacial score (nSPS) is 13.0. The lowest BCUT2D eigenvalue weighted by Crippen LogP contribution is -2.26. The van der Waals surface area contributed by atoms with Crippen LogP contribution in [0.5, 0.6) is 0 Å². The molecule has 11 aromatic carbocycles. The molecule has 2 aliphatic rings. The lowest BCUT2D eigenvalue weighted by Gasteiger charge is -2.33. The first kappa shape index (κ1) is 36.1. The van der Waals surface area contributed by atoms with Gasteiger partial charge in [-0.1, -0.05) is 200 Å². The predicted octanol–water partition coefficient (Wildman–Crippen LogP) is 17.0. The molecule has 302 valence electrons. The van der Waals surface area contributed by atoms with Crippen LogP contribution in [0, 0.1) is 0 Å². The van der Waals surface area contributed by atoms with Crippen molar-refractivity contribution < 1.29 is 4.42 Å². The van der Waals surface area contributed by atoms with Crippen LogP contribution in [0.2, 0.25) is 0 Å². The van der Waals surface area contributed by atoms with E-state index in [1.165, 1.54) is 77.2 Å². The molecule has 0 unspecified atom stereocenters. The first-order chi connectivity index (χ1) is 32.3. The second-order valence-corrected chi connectivity index (χ2v) is 17.5. The third-order valence-electron chi connectivity index (χ3n) is 14.3. The molecule has 0 radical (unpaired) electrons. The van der Waals surface area contributed by atoms with Crippen LogP contribution in [0.15, 0.2) is 241 Å². The Labute approximate surface area is 376 Å². The average Bonchev–Trinajstić information content (AvgIpc) is 4.01. The zero-order valence-electron chi connectivity index (χ0n) is 35.4. The fourth-order valence-corrected chi connectivity index (χ4v) is 11.6. The molecule has 0 amide bonds. The van der Waals surface area contributed by atoms with Gasteiger partial charge in [0.15, 0.2) is 0 Å². The molecule has 1 heterocycles. The van der Waals surface area contributed by atoms with E-state index in [9.17, 15) is 0 Å². The van der Waals surface area contributed by atoms with E-state index in [4.69, 9.17) is 4.42 Å². The van der Waals surface area contributed by atoms with E-state index in [1.54, 1.807) is 0 Å². The smallest absolute Gasteiger partial charge is 0.143 e. The van der Waals surface area contributed by atoms with Gasteiger partial charge < -0.3 is 9.32 Å². The van der Waals surface area contributed by atoms with Gasteiger partial charge in [0, 0.05) is 33.1 Å². The third-order valence-corrected chi connectivity index (χ3v) is 14.3. The van der Waals surface area contributed by atoms with Crippen LogP contribution in [0.3, 0.4) is 0 Å². The number of fused-ring (bicyclic) bond motifs is 16. The van der Waals surface area contributed by atoms with Crippen LogP contribution >= 0.6 is 0 Å². The van der Waals surface area contributed by atoms with Crippen molar-refractivity contribution in [3.63, 3.8) is 0 Å². The minimum Gasteiger partial charge on any atom is -0.455 e. The fraction of sp³-hybridized carbons (Fsp3) is 0.0159. The molecular formula is C63H39NO. The van der Waals surface area contributed by atoms with Crippen LogP contribution in [-0.4, -0.2) is 0 Å². The summed E-state index contributed by atoms with van der Waals surface area (Å²) in [5, 5.41) is 7.22. The highest BCUT2D eigenvalue weighted by atomic mass is 16.3. The number of rotatable bonds is 5. The van der Waals surface area contributed by atoms with Crippen molar-refractivity contribution in [2.45, 2.75) is 5.41 Å². The molecule has 12 aromatic rings. The summed E-state index contributed by atoms with van der Waals surface area (Å²) in [7, 11) is 0. The lowest BCUT2D eigenvalue weighted by molar-refractivity contribution is 0.670. The largest absolute Gasteiger partial charge is 0.455 e. The molecule has 0 aliphatic heterocycles. The molecule has 0 saturated heterocycles. The van der Waals surface area contributed by atoms with Gasteiger partial charge in [0.1, 0.15) is 11.2 Å². The Balaban J connectivity index is 1.00. The van der Waals surface area contributed by atoms with E-state index in [1.807, 2.05) is 6.07 Å². The Morgan fingerprint density at radius 2 is 0.785 bits per heavy atom. The summed E-state index contributed by atoms with van der Waals surface area (Å²) in [6.07, 6.45) is 0. The Hall–Kier alpha value is -8.46. The van der Waals surface area contributed by atoms with E-state index < -0.39 is 5.41 Å². The summed E-state index contributed by atoms with van der Waals surface area (Å²) in [6.45, 7) is 0. The van der Waals surface area contributed by atoms with Gasteiger partial charge in [-0.3, -0.25) is 0 Å². The molecule has 0 N–H and O–H groups in total. The van der Waals surface area contributed by atoms with Crippen molar-refractivity contribution in [2.24, 2.45) is 0 Å². The zero-order chi connectivity index (χ0) is 42.6. The highest BCUT2D eigenvalue weighted by molar-refractivity contribution is 6.12. The molecule has 2 aliphatic carbocycles. The topological polar surface area (TPSA) is 16.4 Å². The summed E-state index contributed by atoms with van der Waals surface area (Å²) < 4.78 is 6.52. The highest BCUT2D eigenvalue weighted by Gasteiger charge is 2.52. The van der Waals surface area contributed by atoms with Gasteiger partial charge in [-0.2, -0.15) is 0 Å². The van der Waals surface area contributed by atoms with E-state index in [2.05, 4.69) is 235 Å². The van der Waals surface area contributed by atoms with Crippen LogP contribution in [-0.2, 0) is 5.41 Å². The molecular weight excluding hydrogens is 787 g/mol. The number of hydrogen-bond acceptors (Lipinski definition) is 2. The van der Waals surface area contributed by atoms with Gasteiger partial charge in [0.2, 0.25) is 0 Å². The van der Waals surface area contributed by atoms with Crippen LogP contribution in [0.25, 0.3) is 88.0 Å². The fourth-order valence-electron chi connectivity index (χ4n) is 11.6. The monoisotopic (exact) mass is 825 g/mol. The maximum absolute atomic E-state index is 6.52. The summed E-state index contributed by atoms with van der Waals surface area (Å²) in [5.74, 6) is 0. The molecule has 0 saturated carbocycles. The van der Waals surface area contributed by atoms with Crippen molar-refractivity contribution in [3.05, 3.63) is 259 Å². The standard InChI is InChI=1S/C63H39NO/c1-2-17-45-40(15-1)16-13-24-46(45)41-31-35-43(36-32-41)64(44-37-33-42(34-38-44)47-25-14-26-54-52-22-8-12-30-60(52)65-62(47)54)59-39-55-50-20-7-11-29-58(50)63(61(55)53-23-4-3-21-51(53)59)56-27-9-5-18-48(56)49-19-6-10-28-57(49)63/h1-39H. The van der Waals surface area contributed by atoms with Crippen LogP contribution in [0.1, 0.15) is 22.3 Å². The number of nitrogens with zero attached hydrogens (tertiary/aromatic N) is 1. The summed E-state index contributed by atoms with van der Waals surface area (Å²) in [4.78, 5) is 2.46. The third kappa shape index (κ3) is 5.05. The summed E-state index contributed by atoms with van der Waals surface area (Å²) in [5.41, 5.74) is 19.8. The average molecular weight is 826 g/mol. The Kier molecular flexibility index (Phi) is 7.64. The van der Waals surface area contributed by atoms with Gasteiger partial charge in [-0.25, -0.2) is 0 Å². The van der Waals surface area contributed by atoms with E-state index >= 15 is 0 Å². The molecule has 1 aromatic heterocycles. The Morgan fingerprint density at radius 1 is 0.323 bits per heavy atom. The molecule has 0 bridgehead atoms. The van der Waals surface area contributed by atoms with Crippen molar-refractivity contribution >= 4 is 60.5 Å². The molecule has 2 nitrogen and oxygen atoms in total. The van der Waals surface area contributed by atoms with Gasteiger partial charge in [0.25, 0.3) is 0 Å². The zero-order valence-corrected chi connectivity index (χ0v) is 35.4. The van der Waals surface area contributed by atoms with Gasteiger partial charge in [-0.15, -0.1) is 0 Å². The van der Waals surface area contributed by atoms with Crippen molar-refractivity contribution in [1.29, 1.82) is 0 Å². The van der Waals surface area contributed by atoms with Gasteiger partial charge in [0.05, 0.1) is 11.1 Å². The number of furan rings is 1. The minimum atomic E-state index is -0.457. The summed E-state index contributed by atoms with van der Waals surface area (Å²) in [6, 6.07) is 87.1. The second-order valence-electron chi connectivity index (χ2n) is 17.5. The maximum Gasteiger partial charge on any atom is 0.143 e. The predicted molar refractivity (Wildman–Crippen MR) is 271 cm³/mol. The number of anilines is 3. The first-order valence-corrected chi connectivity index (χ1v) is 22.5. The van der Waals surface area contributed by atoms with Crippen LogP contribution < -0.4 is 4.90 Å². The first-order valence-electron chi connectivity index (χ1n) is 22.5. The van der Waals surface area contributed by atoms with E-state index in [0.717, 1.165) is 50.1 Å².